The normalized spacial score (nSPS) is 10.6. The Morgan fingerprint density at radius 2 is 1.74 bits per heavy atom. The monoisotopic (exact) mass is 371 g/mol. The van der Waals surface area contributed by atoms with Crippen molar-refractivity contribution in [2.45, 2.75) is 12.2 Å². The fraction of sp³-hybridized carbons (Fsp3) is 0.235. The molecule has 0 radical (unpaired) electrons. The highest BCUT2D eigenvalue weighted by Crippen LogP contribution is 2.24. The topological polar surface area (TPSA) is 29.1 Å². The van der Waals surface area contributed by atoms with Crippen LogP contribution in [0.25, 0.3) is 0 Å². The Labute approximate surface area is 149 Å². The second kappa shape index (κ2) is 9.16. The molecule has 6 heteroatoms. The third-order valence-electron chi connectivity index (χ3n) is 3.13. The summed E-state index contributed by atoms with van der Waals surface area (Å²) in [5.74, 6) is 0.806. The number of amides is 1. The Balaban J connectivity index is 1.65. The predicted octanol–water partition coefficient (Wildman–Crippen LogP) is 4.72. The fourth-order valence-corrected chi connectivity index (χ4v) is 3.06. The minimum atomic E-state index is -0.253. The molecule has 1 amide bonds. The average molecular weight is 372 g/mol. The smallest absolute Gasteiger partial charge is 0.230 e. The van der Waals surface area contributed by atoms with E-state index in [1.807, 2.05) is 12.1 Å². The lowest BCUT2D eigenvalue weighted by atomic mass is 10.1. The second-order valence-electron chi connectivity index (χ2n) is 4.97. The fourth-order valence-electron chi connectivity index (χ4n) is 1.94. The molecule has 0 fully saturated rings. The SMILES string of the molecule is O=C(CSCc1ccc(Cl)c(Cl)c1)NCCc1ccc(F)cc1. The molecule has 2 aromatic carbocycles. The van der Waals surface area contributed by atoms with Crippen LogP contribution in [0.5, 0.6) is 0 Å². The van der Waals surface area contributed by atoms with Gasteiger partial charge >= 0.3 is 0 Å². The van der Waals surface area contributed by atoms with Crippen molar-refractivity contribution in [2.24, 2.45) is 0 Å². The van der Waals surface area contributed by atoms with Gasteiger partial charge in [-0.25, -0.2) is 4.39 Å². The number of benzene rings is 2. The second-order valence-corrected chi connectivity index (χ2v) is 6.77. The molecule has 0 saturated carbocycles. The first-order chi connectivity index (χ1) is 11.0. The Hall–Kier alpha value is -1.23. The number of carbonyl (C=O) groups excluding carboxylic acids is 1. The van der Waals surface area contributed by atoms with Crippen molar-refractivity contribution in [3.8, 4) is 0 Å². The van der Waals surface area contributed by atoms with Crippen LogP contribution in [-0.2, 0) is 17.0 Å². The quantitative estimate of drug-likeness (QED) is 0.762. The lowest BCUT2D eigenvalue weighted by Crippen LogP contribution is -2.27. The van der Waals surface area contributed by atoms with Crippen LogP contribution in [0, 0.1) is 5.82 Å². The highest BCUT2D eigenvalue weighted by molar-refractivity contribution is 7.99. The molecule has 0 aliphatic heterocycles. The Kier molecular flexibility index (Phi) is 7.21. The summed E-state index contributed by atoms with van der Waals surface area (Å²) in [6.45, 7) is 0.539. The minimum absolute atomic E-state index is 0.0165. The summed E-state index contributed by atoms with van der Waals surface area (Å²) in [5, 5.41) is 3.90. The molecule has 23 heavy (non-hydrogen) atoms. The summed E-state index contributed by atoms with van der Waals surface area (Å²) in [6, 6.07) is 11.7. The molecule has 122 valence electrons. The van der Waals surface area contributed by atoms with E-state index in [1.54, 1.807) is 18.2 Å². The molecule has 0 atom stereocenters. The van der Waals surface area contributed by atoms with Gasteiger partial charge < -0.3 is 5.32 Å². The van der Waals surface area contributed by atoms with Gasteiger partial charge in [0, 0.05) is 12.3 Å². The van der Waals surface area contributed by atoms with Gasteiger partial charge in [0.25, 0.3) is 0 Å². The summed E-state index contributed by atoms with van der Waals surface area (Å²) >= 11 is 13.3. The van der Waals surface area contributed by atoms with E-state index in [1.165, 1.54) is 23.9 Å². The van der Waals surface area contributed by atoms with Crippen molar-refractivity contribution in [2.75, 3.05) is 12.3 Å². The zero-order valence-electron chi connectivity index (χ0n) is 12.3. The molecule has 0 aliphatic carbocycles. The zero-order chi connectivity index (χ0) is 16.7. The average Bonchev–Trinajstić information content (AvgIpc) is 2.53. The first-order valence-electron chi connectivity index (χ1n) is 7.07. The maximum atomic E-state index is 12.8. The van der Waals surface area contributed by atoms with Crippen LogP contribution in [0.1, 0.15) is 11.1 Å². The van der Waals surface area contributed by atoms with Gasteiger partial charge in [-0.05, 0) is 41.8 Å². The number of halogens is 3. The van der Waals surface area contributed by atoms with Crippen molar-refractivity contribution in [3.05, 3.63) is 69.5 Å². The minimum Gasteiger partial charge on any atom is -0.355 e. The van der Waals surface area contributed by atoms with E-state index in [9.17, 15) is 9.18 Å². The predicted molar refractivity (Wildman–Crippen MR) is 95.7 cm³/mol. The lowest BCUT2D eigenvalue weighted by Gasteiger charge is -2.06. The van der Waals surface area contributed by atoms with Gasteiger partial charge in [0.2, 0.25) is 5.91 Å². The van der Waals surface area contributed by atoms with Gasteiger partial charge in [0.15, 0.2) is 0 Å². The standard InChI is InChI=1S/C17H16Cl2FNOS/c18-15-6-3-13(9-16(15)19)10-23-11-17(22)21-8-7-12-1-4-14(20)5-2-12/h1-6,9H,7-8,10-11H2,(H,21,22). The molecule has 0 spiro atoms. The van der Waals surface area contributed by atoms with Crippen molar-refractivity contribution in [1.82, 2.24) is 5.32 Å². The summed E-state index contributed by atoms with van der Waals surface area (Å²) in [5.41, 5.74) is 2.03. The van der Waals surface area contributed by atoms with Gasteiger partial charge in [-0.1, -0.05) is 41.4 Å². The summed E-state index contributed by atoms with van der Waals surface area (Å²) in [7, 11) is 0. The molecule has 2 nitrogen and oxygen atoms in total. The molecular formula is C17H16Cl2FNOS. The number of rotatable bonds is 7. The van der Waals surface area contributed by atoms with E-state index in [2.05, 4.69) is 5.32 Å². The number of nitrogens with one attached hydrogen (secondary N) is 1. The van der Waals surface area contributed by atoms with Gasteiger partial charge in [-0.15, -0.1) is 11.8 Å². The molecule has 0 aliphatic rings. The van der Waals surface area contributed by atoms with Crippen LogP contribution in [0.3, 0.4) is 0 Å². The molecular weight excluding hydrogens is 356 g/mol. The van der Waals surface area contributed by atoms with Crippen molar-refractivity contribution >= 4 is 40.9 Å². The Morgan fingerprint density at radius 1 is 1.04 bits per heavy atom. The highest BCUT2D eigenvalue weighted by atomic mass is 35.5. The van der Waals surface area contributed by atoms with Gasteiger partial charge in [-0.2, -0.15) is 0 Å². The Bertz CT molecular complexity index is 664. The maximum Gasteiger partial charge on any atom is 0.230 e. The zero-order valence-corrected chi connectivity index (χ0v) is 14.6. The van der Waals surface area contributed by atoms with Crippen LogP contribution < -0.4 is 5.32 Å². The van der Waals surface area contributed by atoms with E-state index >= 15 is 0 Å². The molecule has 2 aromatic rings. The molecule has 0 bridgehead atoms. The molecule has 1 N–H and O–H groups in total. The van der Waals surface area contributed by atoms with E-state index in [0.717, 1.165) is 11.1 Å². The number of thioether (sulfide) groups is 1. The van der Waals surface area contributed by atoms with Crippen LogP contribution in [-0.4, -0.2) is 18.2 Å². The van der Waals surface area contributed by atoms with E-state index < -0.39 is 0 Å². The van der Waals surface area contributed by atoms with Crippen molar-refractivity contribution in [3.63, 3.8) is 0 Å². The van der Waals surface area contributed by atoms with Crippen LogP contribution >= 0.6 is 35.0 Å². The number of hydrogen-bond donors (Lipinski definition) is 1. The van der Waals surface area contributed by atoms with Crippen molar-refractivity contribution in [1.29, 1.82) is 0 Å². The molecule has 2 rings (SSSR count). The third kappa shape index (κ3) is 6.42. The number of carbonyl (C=O) groups is 1. The molecule has 0 aromatic heterocycles. The van der Waals surface area contributed by atoms with Crippen LogP contribution in [0.15, 0.2) is 42.5 Å². The molecule has 0 unspecified atom stereocenters. The molecule has 0 saturated heterocycles. The Morgan fingerprint density at radius 3 is 2.43 bits per heavy atom. The first-order valence-corrected chi connectivity index (χ1v) is 8.98. The third-order valence-corrected chi connectivity index (χ3v) is 4.88. The summed E-state index contributed by atoms with van der Waals surface area (Å²) in [4.78, 5) is 11.8. The lowest BCUT2D eigenvalue weighted by molar-refractivity contribution is -0.118. The van der Waals surface area contributed by atoms with E-state index in [-0.39, 0.29) is 11.7 Å². The van der Waals surface area contributed by atoms with Crippen molar-refractivity contribution < 1.29 is 9.18 Å². The maximum absolute atomic E-state index is 12.8. The first kappa shape index (κ1) is 18.1. The van der Waals surface area contributed by atoms with E-state index in [0.29, 0.717) is 34.5 Å². The van der Waals surface area contributed by atoms with Gasteiger partial charge in [0.05, 0.1) is 15.8 Å². The van der Waals surface area contributed by atoms with E-state index in [4.69, 9.17) is 23.2 Å². The van der Waals surface area contributed by atoms with Gasteiger partial charge in [0.1, 0.15) is 5.82 Å². The number of hydrogen-bond acceptors (Lipinski definition) is 2. The highest BCUT2D eigenvalue weighted by Gasteiger charge is 2.04. The molecule has 0 heterocycles. The van der Waals surface area contributed by atoms with Crippen LogP contribution in [0.4, 0.5) is 4.39 Å². The summed E-state index contributed by atoms with van der Waals surface area (Å²) in [6.07, 6.45) is 0.684. The summed E-state index contributed by atoms with van der Waals surface area (Å²) < 4.78 is 12.8. The largest absolute Gasteiger partial charge is 0.355 e. The van der Waals surface area contributed by atoms with Gasteiger partial charge in [-0.3, -0.25) is 4.79 Å². The van der Waals surface area contributed by atoms with Crippen LogP contribution in [0.2, 0.25) is 10.0 Å².